The largest absolute Gasteiger partial charge is 0.376 e. The Morgan fingerprint density at radius 2 is 2.28 bits per heavy atom. The fraction of sp³-hybridized carbons (Fsp3) is 0.786. The van der Waals surface area contributed by atoms with Crippen molar-refractivity contribution in [3.8, 4) is 0 Å². The molecule has 2 fully saturated rings. The molecule has 0 radical (unpaired) electrons. The maximum atomic E-state index is 5.81. The molecule has 1 aromatic heterocycles. The van der Waals surface area contributed by atoms with Crippen molar-refractivity contribution in [2.45, 2.75) is 57.2 Å². The zero-order valence-corrected chi connectivity index (χ0v) is 10.8. The Kier molecular flexibility index (Phi) is 2.66. The van der Waals surface area contributed by atoms with Crippen molar-refractivity contribution in [3.05, 3.63) is 17.2 Å². The lowest BCUT2D eigenvalue weighted by Crippen LogP contribution is -2.26. The first kappa shape index (κ1) is 11.0. The van der Waals surface area contributed by atoms with Crippen LogP contribution in [-0.4, -0.2) is 28.8 Å². The van der Waals surface area contributed by atoms with Crippen molar-refractivity contribution < 1.29 is 4.74 Å². The van der Waals surface area contributed by atoms with Crippen molar-refractivity contribution in [2.24, 2.45) is 0 Å². The molecule has 98 valence electrons. The summed E-state index contributed by atoms with van der Waals surface area (Å²) in [5, 5.41) is 3.43. The van der Waals surface area contributed by atoms with Gasteiger partial charge in [0.1, 0.15) is 5.82 Å². The summed E-state index contributed by atoms with van der Waals surface area (Å²) < 4.78 is 8.31. The molecule has 4 nitrogen and oxygen atoms in total. The normalized spacial score (nSPS) is 27.4. The summed E-state index contributed by atoms with van der Waals surface area (Å²) in [5.74, 6) is 2.08. The van der Waals surface area contributed by atoms with E-state index >= 15 is 0 Å². The Balaban J connectivity index is 1.66. The molecule has 3 aliphatic rings. The van der Waals surface area contributed by atoms with Crippen molar-refractivity contribution in [1.82, 2.24) is 14.9 Å². The number of hydrogen-bond acceptors (Lipinski definition) is 3. The number of ether oxygens (including phenoxy) is 1. The van der Waals surface area contributed by atoms with Crippen molar-refractivity contribution in [3.63, 3.8) is 0 Å². The van der Waals surface area contributed by atoms with Gasteiger partial charge in [-0.15, -0.1) is 0 Å². The van der Waals surface area contributed by atoms with E-state index in [9.17, 15) is 0 Å². The van der Waals surface area contributed by atoms with E-state index < -0.39 is 0 Å². The first-order chi connectivity index (χ1) is 8.92. The van der Waals surface area contributed by atoms with Crippen molar-refractivity contribution in [2.75, 3.05) is 13.2 Å². The predicted octanol–water partition coefficient (Wildman–Crippen LogP) is 1.59. The van der Waals surface area contributed by atoms with Crippen molar-refractivity contribution >= 4 is 0 Å². The van der Waals surface area contributed by atoms with E-state index in [-0.39, 0.29) is 0 Å². The highest BCUT2D eigenvalue weighted by atomic mass is 16.5. The summed E-state index contributed by atoms with van der Waals surface area (Å²) in [6, 6.07) is 0. The highest BCUT2D eigenvalue weighted by Gasteiger charge is 2.32. The number of nitrogens with zero attached hydrogens (tertiary/aromatic N) is 2. The minimum absolute atomic E-state index is 0.427. The predicted molar refractivity (Wildman–Crippen MR) is 68.6 cm³/mol. The number of nitrogens with one attached hydrogen (secondary N) is 1. The van der Waals surface area contributed by atoms with E-state index in [1.165, 1.54) is 42.9 Å². The molecule has 0 spiro atoms. The molecule has 1 saturated carbocycles. The Labute approximate surface area is 108 Å². The second kappa shape index (κ2) is 4.35. The van der Waals surface area contributed by atoms with E-state index in [0.717, 1.165) is 38.6 Å². The van der Waals surface area contributed by atoms with Gasteiger partial charge in [-0.1, -0.05) is 0 Å². The van der Waals surface area contributed by atoms with Gasteiger partial charge in [-0.2, -0.15) is 0 Å². The summed E-state index contributed by atoms with van der Waals surface area (Å²) >= 11 is 0. The molecule has 18 heavy (non-hydrogen) atoms. The Bertz CT molecular complexity index is 444. The van der Waals surface area contributed by atoms with Crippen LogP contribution in [-0.2, 0) is 24.2 Å². The Hall–Kier alpha value is -0.870. The summed E-state index contributed by atoms with van der Waals surface area (Å²) in [6.45, 7) is 4.03. The molecule has 1 aliphatic carbocycles. The van der Waals surface area contributed by atoms with Crippen molar-refractivity contribution in [1.29, 1.82) is 0 Å². The molecule has 1 atom stereocenters. The van der Waals surface area contributed by atoms with Crippen LogP contribution >= 0.6 is 0 Å². The van der Waals surface area contributed by atoms with Gasteiger partial charge in [0.2, 0.25) is 0 Å². The fourth-order valence-electron chi connectivity index (χ4n) is 3.24. The van der Waals surface area contributed by atoms with Crippen LogP contribution in [0.25, 0.3) is 0 Å². The smallest absolute Gasteiger partial charge is 0.112 e. The van der Waals surface area contributed by atoms with Crippen LogP contribution in [0.3, 0.4) is 0 Å². The molecular weight excluding hydrogens is 226 g/mol. The van der Waals surface area contributed by atoms with Gasteiger partial charge in [-0.05, 0) is 25.7 Å². The second-order valence-corrected chi connectivity index (χ2v) is 5.81. The molecule has 0 aromatic carbocycles. The van der Waals surface area contributed by atoms with Crippen LogP contribution in [0.2, 0.25) is 0 Å². The molecular formula is C14H21N3O. The highest BCUT2D eigenvalue weighted by molar-refractivity contribution is 5.24. The molecule has 0 amide bonds. The molecule has 3 heterocycles. The van der Waals surface area contributed by atoms with Crippen LogP contribution in [0.1, 0.15) is 48.8 Å². The first-order valence-electron chi connectivity index (χ1n) is 7.32. The number of fused-ring (bicyclic) bond motifs is 1. The second-order valence-electron chi connectivity index (χ2n) is 5.81. The molecule has 0 bridgehead atoms. The monoisotopic (exact) mass is 247 g/mol. The van der Waals surface area contributed by atoms with Crippen LogP contribution in [0.4, 0.5) is 0 Å². The summed E-state index contributed by atoms with van der Waals surface area (Å²) in [5.41, 5.74) is 2.77. The fourth-order valence-corrected chi connectivity index (χ4v) is 3.24. The van der Waals surface area contributed by atoms with Crippen LogP contribution < -0.4 is 5.32 Å². The van der Waals surface area contributed by atoms with Gasteiger partial charge in [0.25, 0.3) is 0 Å². The molecule has 4 rings (SSSR count). The number of imidazole rings is 1. The third-order valence-corrected chi connectivity index (χ3v) is 4.37. The van der Waals surface area contributed by atoms with E-state index in [2.05, 4.69) is 9.88 Å². The summed E-state index contributed by atoms with van der Waals surface area (Å²) in [6.07, 6.45) is 6.65. The van der Waals surface area contributed by atoms with E-state index in [1.807, 2.05) is 0 Å². The zero-order valence-electron chi connectivity index (χ0n) is 10.8. The zero-order chi connectivity index (χ0) is 11.9. The minimum Gasteiger partial charge on any atom is -0.376 e. The average molecular weight is 247 g/mol. The molecule has 1 unspecified atom stereocenters. The van der Waals surface area contributed by atoms with Gasteiger partial charge in [-0.3, -0.25) is 0 Å². The maximum Gasteiger partial charge on any atom is 0.112 e. The molecule has 1 saturated heterocycles. The first-order valence-corrected chi connectivity index (χ1v) is 7.32. The van der Waals surface area contributed by atoms with Gasteiger partial charge in [0.05, 0.1) is 18.3 Å². The molecule has 1 N–H and O–H groups in total. The lowest BCUT2D eigenvalue weighted by atomic mass is 10.1. The molecule has 2 aliphatic heterocycles. The van der Waals surface area contributed by atoms with E-state index in [1.54, 1.807) is 0 Å². The number of rotatable bonds is 3. The van der Waals surface area contributed by atoms with Gasteiger partial charge in [0, 0.05) is 37.7 Å². The van der Waals surface area contributed by atoms with Crippen LogP contribution in [0, 0.1) is 0 Å². The van der Waals surface area contributed by atoms with E-state index in [4.69, 9.17) is 9.72 Å². The lowest BCUT2D eigenvalue weighted by Gasteiger charge is -2.18. The number of aromatic nitrogens is 2. The maximum absolute atomic E-state index is 5.81. The minimum atomic E-state index is 0.427. The average Bonchev–Trinajstić information content (AvgIpc) is 2.99. The molecule has 1 aromatic rings. The van der Waals surface area contributed by atoms with Gasteiger partial charge < -0.3 is 14.6 Å². The third-order valence-electron chi connectivity index (χ3n) is 4.37. The highest BCUT2D eigenvalue weighted by Crippen LogP contribution is 2.40. The van der Waals surface area contributed by atoms with Gasteiger partial charge >= 0.3 is 0 Å². The molecule has 4 heteroatoms. The van der Waals surface area contributed by atoms with Gasteiger partial charge in [0.15, 0.2) is 0 Å². The number of hydrogen-bond donors (Lipinski definition) is 1. The quantitative estimate of drug-likeness (QED) is 0.881. The standard InChI is InChI=1S/C14H21N3O/c1-2-11(18-7-1)9-17-13-5-6-15-8-12(13)16-14(17)10-3-4-10/h10-11,15H,1-9H2. The SMILES string of the molecule is C1COC(Cn2c(C3CC3)nc3c2CCNC3)C1. The Morgan fingerprint density at radius 1 is 1.33 bits per heavy atom. The topological polar surface area (TPSA) is 39.1 Å². The lowest BCUT2D eigenvalue weighted by molar-refractivity contribution is 0.0955. The Morgan fingerprint density at radius 3 is 3.06 bits per heavy atom. The summed E-state index contributed by atoms with van der Waals surface area (Å²) in [4.78, 5) is 4.90. The van der Waals surface area contributed by atoms with Crippen LogP contribution in [0.5, 0.6) is 0 Å². The van der Waals surface area contributed by atoms with Gasteiger partial charge in [-0.25, -0.2) is 4.98 Å². The van der Waals surface area contributed by atoms with Crippen LogP contribution in [0.15, 0.2) is 0 Å². The summed E-state index contributed by atoms with van der Waals surface area (Å²) in [7, 11) is 0. The van der Waals surface area contributed by atoms with E-state index in [0.29, 0.717) is 6.10 Å². The third kappa shape index (κ3) is 1.88.